The largest absolute Gasteiger partial charge is 0.393 e. The van der Waals surface area contributed by atoms with Crippen LogP contribution in [-0.2, 0) is 18.0 Å². The van der Waals surface area contributed by atoms with E-state index in [9.17, 15) is 9.59 Å². The molecule has 0 saturated carbocycles. The summed E-state index contributed by atoms with van der Waals surface area (Å²) in [4.78, 5) is 23.2. The van der Waals surface area contributed by atoms with Crippen molar-refractivity contribution in [3.05, 3.63) is 27.0 Å². The van der Waals surface area contributed by atoms with Gasteiger partial charge in [0.2, 0.25) is 0 Å². The van der Waals surface area contributed by atoms with Crippen molar-refractivity contribution in [3.63, 3.8) is 0 Å². The van der Waals surface area contributed by atoms with E-state index in [1.54, 1.807) is 13.8 Å². The third kappa shape index (κ3) is 2.27. The van der Waals surface area contributed by atoms with Crippen molar-refractivity contribution in [1.82, 2.24) is 9.13 Å². The molecule has 0 aliphatic carbocycles. The van der Waals surface area contributed by atoms with E-state index < -0.39 is 11.2 Å². The lowest BCUT2D eigenvalue weighted by Crippen LogP contribution is -2.41. The molecule has 0 aliphatic rings. The molecule has 15 heavy (non-hydrogen) atoms. The Bertz CT molecular complexity index is 447. The number of nitrogens with zero attached hydrogens (tertiary/aromatic N) is 2. The number of anilines is 1. The van der Waals surface area contributed by atoms with Gasteiger partial charge in [-0.3, -0.25) is 9.36 Å². The maximum absolute atomic E-state index is 11.7. The molecule has 0 unspecified atom stereocenters. The minimum Gasteiger partial charge on any atom is -0.393 e. The van der Waals surface area contributed by atoms with Gasteiger partial charge < -0.3 is 10.5 Å². The monoisotopic (exact) mass is 213 g/mol. The standard InChI is InChI=1S/C9H15N3O3/c1-3-11-5-7(10)8(13)12(9(11)14)6-15-4-2/h5H,3-4,6,10H2,1-2H3. The summed E-state index contributed by atoms with van der Waals surface area (Å²) in [5.74, 6) is 0. The van der Waals surface area contributed by atoms with Gasteiger partial charge in [0.05, 0.1) is 0 Å². The highest BCUT2D eigenvalue weighted by Crippen LogP contribution is 1.89. The van der Waals surface area contributed by atoms with Crippen molar-refractivity contribution in [1.29, 1.82) is 0 Å². The van der Waals surface area contributed by atoms with Gasteiger partial charge in [0, 0.05) is 19.3 Å². The van der Waals surface area contributed by atoms with Crippen LogP contribution in [0, 0.1) is 0 Å². The molecule has 0 spiro atoms. The molecule has 1 heterocycles. The third-order valence-electron chi connectivity index (χ3n) is 2.03. The quantitative estimate of drug-likeness (QED) is 0.738. The van der Waals surface area contributed by atoms with E-state index in [2.05, 4.69) is 0 Å². The summed E-state index contributed by atoms with van der Waals surface area (Å²) in [6.07, 6.45) is 1.35. The van der Waals surface area contributed by atoms with E-state index in [4.69, 9.17) is 10.5 Å². The van der Waals surface area contributed by atoms with Crippen molar-refractivity contribution in [2.45, 2.75) is 27.1 Å². The van der Waals surface area contributed by atoms with Gasteiger partial charge in [-0.15, -0.1) is 0 Å². The summed E-state index contributed by atoms with van der Waals surface area (Å²) in [7, 11) is 0. The van der Waals surface area contributed by atoms with Crippen molar-refractivity contribution < 1.29 is 4.74 Å². The predicted octanol–water partition coefficient (Wildman–Crippen LogP) is -0.394. The highest BCUT2D eigenvalue weighted by atomic mass is 16.5. The van der Waals surface area contributed by atoms with Crippen LogP contribution >= 0.6 is 0 Å². The molecule has 0 radical (unpaired) electrons. The van der Waals surface area contributed by atoms with Gasteiger partial charge in [0.25, 0.3) is 5.56 Å². The van der Waals surface area contributed by atoms with Crippen molar-refractivity contribution in [3.8, 4) is 0 Å². The Hall–Kier alpha value is -1.56. The number of hydrogen-bond acceptors (Lipinski definition) is 4. The van der Waals surface area contributed by atoms with Crippen LogP contribution in [0.1, 0.15) is 13.8 Å². The van der Waals surface area contributed by atoms with Crippen LogP contribution in [0.4, 0.5) is 5.69 Å². The Morgan fingerprint density at radius 2 is 2.07 bits per heavy atom. The van der Waals surface area contributed by atoms with Crippen LogP contribution in [0.2, 0.25) is 0 Å². The highest BCUT2D eigenvalue weighted by molar-refractivity contribution is 5.30. The smallest absolute Gasteiger partial charge is 0.333 e. The molecule has 0 aromatic carbocycles. The van der Waals surface area contributed by atoms with E-state index in [1.165, 1.54) is 10.8 Å². The average Bonchev–Trinajstić information content (AvgIpc) is 2.23. The summed E-state index contributed by atoms with van der Waals surface area (Å²) >= 11 is 0. The number of hydrogen-bond donors (Lipinski definition) is 1. The third-order valence-corrected chi connectivity index (χ3v) is 2.03. The van der Waals surface area contributed by atoms with Crippen LogP contribution in [0.25, 0.3) is 0 Å². The van der Waals surface area contributed by atoms with Gasteiger partial charge in [-0.1, -0.05) is 0 Å². The molecular weight excluding hydrogens is 198 g/mol. The molecule has 6 nitrogen and oxygen atoms in total. The number of aromatic nitrogens is 2. The molecule has 0 bridgehead atoms. The van der Waals surface area contributed by atoms with Crippen molar-refractivity contribution >= 4 is 5.69 Å². The molecule has 0 aliphatic heterocycles. The topological polar surface area (TPSA) is 79.2 Å². The molecule has 84 valence electrons. The van der Waals surface area contributed by atoms with Crippen molar-refractivity contribution in [2.75, 3.05) is 12.3 Å². The molecule has 0 atom stereocenters. The van der Waals surface area contributed by atoms with Gasteiger partial charge in [-0.05, 0) is 13.8 Å². The molecule has 6 heteroatoms. The summed E-state index contributed by atoms with van der Waals surface area (Å²) < 4.78 is 7.39. The van der Waals surface area contributed by atoms with Crippen LogP contribution in [0.15, 0.2) is 15.8 Å². The molecule has 1 aromatic rings. The number of rotatable bonds is 4. The van der Waals surface area contributed by atoms with Crippen LogP contribution in [-0.4, -0.2) is 15.7 Å². The first-order chi connectivity index (χ1) is 7.11. The minimum atomic E-state index is -0.502. The number of aryl methyl sites for hydroxylation is 1. The van der Waals surface area contributed by atoms with E-state index in [-0.39, 0.29) is 12.4 Å². The Labute approximate surface area is 86.9 Å². The first-order valence-corrected chi connectivity index (χ1v) is 4.79. The first kappa shape index (κ1) is 11.5. The van der Waals surface area contributed by atoms with Gasteiger partial charge in [0.15, 0.2) is 0 Å². The van der Waals surface area contributed by atoms with E-state index in [0.29, 0.717) is 13.2 Å². The van der Waals surface area contributed by atoms with Gasteiger partial charge in [-0.2, -0.15) is 0 Å². The molecule has 0 fully saturated rings. The lowest BCUT2D eigenvalue weighted by molar-refractivity contribution is 0.0812. The van der Waals surface area contributed by atoms with Crippen molar-refractivity contribution in [2.24, 2.45) is 0 Å². The second-order valence-electron chi connectivity index (χ2n) is 3.01. The van der Waals surface area contributed by atoms with Crippen LogP contribution < -0.4 is 17.0 Å². The Kier molecular flexibility index (Phi) is 3.68. The summed E-state index contributed by atoms with van der Waals surface area (Å²) in [6, 6.07) is 0. The Morgan fingerprint density at radius 1 is 1.40 bits per heavy atom. The predicted molar refractivity (Wildman–Crippen MR) is 56.7 cm³/mol. The summed E-state index contributed by atoms with van der Waals surface area (Å²) in [5, 5.41) is 0. The molecular formula is C9H15N3O3. The molecule has 0 amide bonds. The lowest BCUT2D eigenvalue weighted by Gasteiger charge is -2.09. The van der Waals surface area contributed by atoms with Gasteiger partial charge in [0.1, 0.15) is 12.4 Å². The average molecular weight is 213 g/mol. The lowest BCUT2D eigenvalue weighted by atomic mass is 10.5. The van der Waals surface area contributed by atoms with E-state index >= 15 is 0 Å². The Morgan fingerprint density at radius 3 is 2.60 bits per heavy atom. The second-order valence-corrected chi connectivity index (χ2v) is 3.01. The fourth-order valence-corrected chi connectivity index (χ4v) is 1.20. The second kappa shape index (κ2) is 4.79. The van der Waals surface area contributed by atoms with Crippen LogP contribution in [0.3, 0.4) is 0 Å². The molecule has 1 aromatic heterocycles. The SMILES string of the molecule is CCOCn1c(=O)c(N)cn(CC)c1=O. The zero-order valence-corrected chi connectivity index (χ0v) is 8.90. The van der Waals surface area contributed by atoms with Gasteiger partial charge >= 0.3 is 5.69 Å². The maximum Gasteiger partial charge on any atom is 0.333 e. The minimum absolute atomic E-state index is 0.0520. The zero-order valence-electron chi connectivity index (χ0n) is 8.90. The Balaban J connectivity index is 3.28. The highest BCUT2D eigenvalue weighted by Gasteiger charge is 2.07. The van der Waals surface area contributed by atoms with Gasteiger partial charge in [-0.25, -0.2) is 9.36 Å². The number of nitrogens with two attached hydrogens (primary N) is 1. The maximum atomic E-state index is 11.7. The molecule has 2 N–H and O–H groups in total. The van der Waals surface area contributed by atoms with E-state index in [0.717, 1.165) is 4.57 Å². The fraction of sp³-hybridized carbons (Fsp3) is 0.556. The zero-order chi connectivity index (χ0) is 11.4. The fourth-order valence-electron chi connectivity index (χ4n) is 1.20. The molecule has 1 rings (SSSR count). The van der Waals surface area contributed by atoms with Crippen LogP contribution in [0.5, 0.6) is 0 Å². The molecule has 0 saturated heterocycles. The summed E-state index contributed by atoms with van der Waals surface area (Å²) in [6.45, 7) is 4.44. The normalized spacial score (nSPS) is 10.5. The summed E-state index contributed by atoms with van der Waals surface area (Å²) in [5.41, 5.74) is 4.64. The number of ether oxygens (including phenoxy) is 1. The number of nitrogen functional groups attached to an aromatic ring is 1. The van der Waals surface area contributed by atoms with E-state index in [1.807, 2.05) is 0 Å². The first-order valence-electron chi connectivity index (χ1n) is 4.79.